The zero-order valence-electron chi connectivity index (χ0n) is 9.43. The summed E-state index contributed by atoms with van der Waals surface area (Å²) in [5, 5.41) is 0. The lowest BCUT2D eigenvalue weighted by Crippen LogP contribution is -3.00. The van der Waals surface area contributed by atoms with Crippen molar-refractivity contribution in [3.8, 4) is 0 Å². The lowest BCUT2D eigenvalue weighted by molar-refractivity contribution is -0.00000366. The molecule has 0 saturated heterocycles. The van der Waals surface area contributed by atoms with Crippen molar-refractivity contribution in [1.29, 1.82) is 0 Å². The molecular formula is C9H24Cl2NP. The van der Waals surface area contributed by atoms with Gasteiger partial charge >= 0.3 is 0 Å². The third-order valence-electron chi connectivity index (χ3n) is 1.65. The maximum Gasteiger partial charge on any atom is 0.0587 e. The Balaban J connectivity index is -0.000000500. The zero-order chi connectivity index (χ0) is 9.12. The van der Waals surface area contributed by atoms with E-state index in [4.69, 9.17) is 5.73 Å². The summed E-state index contributed by atoms with van der Waals surface area (Å²) in [6, 6.07) is 0. The Morgan fingerprint density at radius 1 is 1.15 bits per heavy atom. The molecule has 0 rings (SSSR count). The highest BCUT2D eigenvalue weighted by molar-refractivity contribution is 7.73. The minimum Gasteiger partial charge on any atom is -1.00 e. The van der Waals surface area contributed by atoms with Gasteiger partial charge in [-0.05, 0) is 26.7 Å². The van der Waals surface area contributed by atoms with Crippen molar-refractivity contribution in [2.75, 3.05) is 26.2 Å². The Bertz CT molecular complexity index is 102. The first-order chi connectivity index (χ1) is 4.71. The topological polar surface area (TPSA) is 26.0 Å². The molecule has 0 aromatic rings. The predicted molar refractivity (Wildman–Crippen MR) is 64.3 cm³/mol. The number of hydrogen-bond donors (Lipinski definition) is 1. The van der Waals surface area contributed by atoms with Crippen molar-refractivity contribution < 1.29 is 12.4 Å². The summed E-state index contributed by atoms with van der Waals surface area (Å²) in [6.07, 6.45) is 3.83. The second kappa shape index (κ2) is 7.29. The Morgan fingerprint density at radius 3 is 1.77 bits per heavy atom. The van der Waals surface area contributed by atoms with Crippen LogP contribution in [-0.4, -0.2) is 31.7 Å². The van der Waals surface area contributed by atoms with Crippen LogP contribution in [-0.2, 0) is 0 Å². The highest BCUT2D eigenvalue weighted by atomic mass is 35.5. The Labute approximate surface area is 96.4 Å². The summed E-state index contributed by atoms with van der Waals surface area (Å²) in [6.45, 7) is 11.4. The van der Waals surface area contributed by atoms with Gasteiger partial charge in [-0.3, -0.25) is 0 Å². The van der Waals surface area contributed by atoms with Crippen molar-refractivity contribution in [3.63, 3.8) is 0 Å². The van der Waals surface area contributed by atoms with Gasteiger partial charge in [0.25, 0.3) is 0 Å². The minimum absolute atomic E-state index is 0. The van der Waals surface area contributed by atoms with E-state index >= 15 is 0 Å². The Hall–Kier alpha value is 0.970. The third kappa shape index (κ3) is 19.4. The average molecular weight is 248 g/mol. The second-order valence-corrected chi connectivity index (χ2v) is 10.1. The number of nitrogens with two attached hydrogens (primary N) is 1. The maximum absolute atomic E-state index is 5.88. The fraction of sp³-hybridized carbons (Fsp3) is 1.00. The van der Waals surface area contributed by atoms with E-state index in [1.165, 1.54) is 12.6 Å². The SMILES string of the molecule is CC(C)(N)CCC[P+](C)(C)C.Cl.[Cl-]. The van der Waals surface area contributed by atoms with Crippen LogP contribution in [0.2, 0.25) is 0 Å². The van der Waals surface area contributed by atoms with Crippen LogP contribution >= 0.6 is 19.7 Å². The normalized spacial score (nSPS) is 11.5. The van der Waals surface area contributed by atoms with E-state index in [0.717, 1.165) is 6.42 Å². The first-order valence-electron chi connectivity index (χ1n) is 4.30. The first-order valence-corrected chi connectivity index (χ1v) is 7.62. The van der Waals surface area contributed by atoms with Gasteiger partial charge in [0.1, 0.15) is 0 Å². The van der Waals surface area contributed by atoms with Crippen LogP contribution in [0.15, 0.2) is 0 Å². The van der Waals surface area contributed by atoms with E-state index in [-0.39, 0.29) is 30.4 Å². The molecule has 0 aromatic heterocycles. The number of hydrogen-bond acceptors (Lipinski definition) is 1. The summed E-state index contributed by atoms with van der Waals surface area (Å²) < 4.78 is 0. The van der Waals surface area contributed by atoms with Crippen LogP contribution < -0.4 is 18.1 Å². The Kier molecular flexibility index (Phi) is 10.9. The molecule has 84 valence electrons. The molecule has 0 unspecified atom stereocenters. The largest absolute Gasteiger partial charge is 1.00 e. The van der Waals surface area contributed by atoms with Crippen LogP contribution in [0.1, 0.15) is 26.7 Å². The molecule has 0 radical (unpaired) electrons. The van der Waals surface area contributed by atoms with Gasteiger partial charge in [-0.2, -0.15) is 0 Å². The minimum atomic E-state index is -0.557. The van der Waals surface area contributed by atoms with E-state index in [1.54, 1.807) is 0 Å². The van der Waals surface area contributed by atoms with Gasteiger partial charge in [0.15, 0.2) is 0 Å². The summed E-state index contributed by atoms with van der Waals surface area (Å²) in [7, 11) is -0.557. The standard InChI is InChI=1S/C9H23NP.2ClH/c1-9(2,10)7-6-8-11(3,4)5;;/h6-8,10H2,1-5H3;2*1H/q+1;;/p-1. The monoisotopic (exact) mass is 247 g/mol. The summed E-state index contributed by atoms with van der Waals surface area (Å²) in [4.78, 5) is 0. The van der Waals surface area contributed by atoms with Crippen LogP contribution in [0.25, 0.3) is 0 Å². The van der Waals surface area contributed by atoms with Crippen molar-refractivity contribution in [2.45, 2.75) is 32.2 Å². The molecule has 2 N–H and O–H groups in total. The molecule has 0 fully saturated rings. The van der Waals surface area contributed by atoms with Crippen molar-refractivity contribution >= 4 is 19.7 Å². The van der Waals surface area contributed by atoms with E-state index in [9.17, 15) is 0 Å². The first kappa shape index (κ1) is 19.5. The molecule has 0 saturated carbocycles. The number of rotatable bonds is 4. The molecule has 0 amide bonds. The van der Waals surface area contributed by atoms with Crippen LogP contribution in [0.5, 0.6) is 0 Å². The van der Waals surface area contributed by atoms with E-state index < -0.39 is 7.26 Å². The number of halogens is 2. The maximum atomic E-state index is 5.88. The molecule has 0 aliphatic rings. The van der Waals surface area contributed by atoms with Crippen molar-refractivity contribution in [3.05, 3.63) is 0 Å². The van der Waals surface area contributed by atoms with Crippen molar-refractivity contribution in [1.82, 2.24) is 0 Å². The van der Waals surface area contributed by atoms with Gasteiger partial charge in [-0.15, -0.1) is 12.4 Å². The second-order valence-electron chi connectivity index (χ2n) is 5.11. The van der Waals surface area contributed by atoms with Crippen molar-refractivity contribution in [2.24, 2.45) is 5.73 Å². The van der Waals surface area contributed by atoms with Gasteiger partial charge < -0.3 is 18.1 Å². The molecule has 0 heterocycles. The summed E-state index contributed by atoms with van der Waals surface area (Å²) >= 11 is 0. The molecule has 0 atom stereocenters. The zero-order valence-corrected chi connectivity index (χ0v) is 11.9. The van der Waals surface area contributed by atoms with E-state index in [1.807, 2.05) is 0 Å². The molecular weight excluding hydrogens is 224 g/mol. The van der Waals surface area contributed by atoms with Crippen LogP contribution in [0.4, 0.5) is 0 Å². The van der Waals surface area contributed by atoms with E-state index in [2.05, 4.69) is 33.8 Å². The van der Waals surface area contributed by atoms with Gasteiger partial charge in [-0.25, -0.2) is 0 Å². The highest BCUT2D eigenvalue weighted by Crippen LogP contribution is 2.47. The molecule has 0 spiro atoms. The fourth-order valence-electron chi connectivity index (χ4n) is 1.01. The van der Waals surface area contributed by atoms with Gasteiger partial charge in [0.2, 0.25) is 0 Å². The van der Waals surface area contributed by atoms with Crippen LogP contribution in [0.3, 0.4) is 0 Å². The average Bonchev–Trinajstić information content (AvgIpc) is 1.55. The highest BCUT2D eigenvalue weighted by Gasteiger charge is 2.18. The Morgan fingerprint density at radius 2 is 1.54 bits per heavy atom. The molecule has 4 heteroatoms. The third-order valence-corrected chi connectivity index (χ3v) is 3.31. The van der Waals surface area contributed by atoms with E-state index in [0.29, 0.717) is 0 Å². The fourth-order valence-corrected chi connectivity index (χ4v) is 2.12. The molecule has 13 heavy (non-hydrogen) atoms. The predicted octanol–water partition coefficient (Wildman–Crippen LogP) is -0.163. The van der Waals surface area contributed by atoms with Gasteiger partial charge in [0, 0.05) is 32.8 Å². The molecule has 0 aliphatic carbocycles. The summed E-state index contributed by atoms with van der Waals surface area (Å²) in [5.41, 5.74) is 5.91. The van der Waals surface area contributed by atoms with Crippen LogP contribution in [0, 0.1) is 0 Å². The molecule has 0 aliphatic heterocycles. The molecule has 0 bridgehead atoms. The smallest absolute Gasteiger partial charge is 0.0587 e. The lowest BCUT2D eigenvalue weighted by Gasteiger charge is -2.19. The molecule has 0 aromatic carbocycles. The van der Waals surface area contributed by atoms with Gasteiger partial charge in [0.05, 0.1) is 6.16 Å². The van der Waals surface area contributed by atoms with Gasteiger partial charge in [-0.1, -0.05) is 0 Å². The quantitative estimate of drug-likeness (QED) is 0.687. The molecule has 1 nitrogen and oxygen atoms in total. The lowest BCUT2D eigenvalue weighted by atomic mass is 10.0. The summed E-state index contributed by atoms with van der Waals surface area (Å²) in [5.74, 6) is 0.